The molecule has 1 aliphatic rings. The van der Waals surface area contributed by atoms with E-state index in [1.165, 1.54) is 30.9 Å². The average Bonchev–Trinajstić information content (AvgIpc) is 2.29. The van der Waals surface area contributed by atoms with Crippen LogP contribution in [0.25, 0.3) is 0 Å². The van der Waals surface area contributed by atoms with E-state index in [4.69, 9.17) is 5.73 Å². The molecule has 1 aliphatic carbocycles. The maximum atomic E-state index is 12.0. The molecule has 1 fully saturated rings. The van der Waals surface area contributed by atoms with Crippen molar-refractivity contribution in [3.8, 4) is 0 Å². The van der Waals surface area contributed by atoms with Crippen molar-refractivity contribution in [2.24, 2.45) is 0 Å². The molecule has 0 atom stereocenters. The van der Waals surface area contributed by atoms with Gasteiger partial charge in [-0.3, -0.25) is 0 Å². The first-order valence-electron chi connectivity index (χ1n) is 6.35. The minimum atomic E-state index is -3.43. The number of nitrogens with zero attached hydrogens (tertiary/aromatic N) is 1. The van der Waals surface area contributed by atoms with Gasteiger partial charge >= 0.3 is 0 Å². The van der Waals surface area contributed by atoms with Crippen LogP contribution in [0.1, 0.15) is 26.2 Å². The standard InChI is InChI=1S/C13H21N3O2S/c1-13(7-4-8-13)15-12-6-5-10(9-11(12)14)19(17,18)16(2)3/h5-6,9,15H,4,7-8,14H2,1-3H3. The second kappa shape index (κ2) is 4.68. The van der Waals surface area contributed by atoms with Gasteiger partial charge in [0, 0.05) is 19.6 Å². The van der Waals surface area contributed by atoms with Crippen molar-refractivity contribution in [1.82, 2.24) is 4.31 Å². The van der Waals surface area contributed by atoms with Crippen LogP contribution in [0.5, 0.6) is 0 Å². The highest BCUT2D eigenvalue weighted by Gasteiger charge is 2.32. The summed E-state index contributed by atoms with van der Waals surface area (Å²) in [5, 5.41) is 3.40. The van der Waals surface area contributed by atoms with E-state index in [0.29, 0.717) is 5.69 Å². The third-order valence-corrected chi connectivity index (χ3v) is 5.51. The lowest BCUT2D eigenvalue weighted by Crippen LogP contribution is -2.41. The lowest BCUT2D eigenvalue weighted by atomic mass is 9.78. The molecule has 19 heavy (non-hydrogen) atoms. The summed E-state index contributed by atoms with van der Waals surface area (Å²) in [5.74, 6) is 0. The fourth-order valence-electron chi connectivity index (χ4n) is 2.18. The van der Waals surface area contributed by atoms with Crippen molar-refractivity contribution in [3.05, 3.63) is 18.2 Å². The van der Waals surface area contributed by atoms with Crippen molar-refractivity contribution in [2.75, 3.05) is 25.1 Å². The average molecular weight is 283 g/mol. The summed E-state index contributed by atoms with van der Waals surface area (Å²) in [5.41, 5.74) is 7.33. The SMILES string of the molecule is CN(C)S(=O)(=O)c1ccc(NC2(C)CCC2)c(N)c1. The Balaban J connectivity index is 2.27. The van der Waals surface area contributed by atoms with Gasteiger partial charge in [0.25, 0.3) is 0 Å². The minimum Gasteiger partial charge on any atom is -0.397 e. The molecular formula is C13H21N3O2S. The van der Waals surface area contributed by atoms with Gasteiger partial charge in [0.2, 0.25) is 10.0 Å². The third-order valence-electron chi connectivity index (χ3n) is 3.70. The van der Waals surface area contributed by atoms with Crippen molar-refractivity contribution >= 4 is 21.4 Å². The van der Waals surface area contributed by atoms with Crippen molar-refractivity contribution in [1.29, 1.82) is 0 Å². The van der Waals surface area contributed by atoms with Gasteiger partial charge in [-0.1, -0.05) is 0 Å². The molecule has 106 valence electrons. The molecule has 0 aromatic heterocycles. The Morgan fingerprint density at radius 3 is 2.37 bits per heavy atom. The molecule has 0 bridgehead atoms. The fourth-order valence-corrected chi connectivity index (χ4v) is 3.12. The van der Waals surface area contributed by atoms with Crippen LogP contribution < -0.4 is 11.1 Å². The van der Waals surface area contributed by atoms with Crippen LogP contribution in [-0.4, -0.2) is 32.4 Å². The molecule has 0 heterocycles. The van der Waals surface area contributed by atoms with Gasteiger partial charge in [-0.25, -0.2) is 12.7 Å². The van der Waals surface area contributed by atoms with E-state index in [1.54, 1.807) is 12.1 Å². The Bertz CT molecular complexity index is 578. The molecule has 0 spiro atoms. The number of hydrogen-bond donors (Lipinski definition) is 2. The van der Waals surface area contributed by atoms with E-state index < -0.39 is 10.0 Å². The van der Waals surface area contributed by atoms with E-state index in [-0.39, 0.29) is 10.4 Å². The first-order chi connectivity index (χ1) is 8.74. The molecule has 3 N–H and O–H groups in total. The molecular weight excluding hydrogens is 262 g/mol. The number of rotatable bonds is 4. The summed E-state index contributed by atoms with van der Waals surface area (Å²) in [6.07, 6.45) is 3.45. The molecule has 1 aromatic rings. The van der Waals surface area contributed by atoms with Gasteiger partial charge in [0.1, 0.15) is 0 Å². The smallest absolute Gasteiger partial charge is 0.242 e. The van der Waals surface area contributed by atoms with Gasteiger partial charge in [0.05, 0.1) is 16.3 Å². The molecule has 5 nitrogen and oxygen atoms in total. The Morgan fingerprint density at radius 1 is 1.32 bits per heavy atom. The van der Waals surface area contributed by atoms with E-state index >= 15 is 0 Å². The number of nitrogens with one attached hydrogen (secondary N) is 1. The molecule has 0 saturated heterocycles. The van der Waals surface area contributed by atoms with Gasteiger partial charge in [-0.15, -0.1) is 0 Å². The third kappa shape index (κ3) is 2.69. The summed E-state index contributed by atoms with van der Waals surface area (Å²) in [6.45, 7) is 2.15. The lowest BCUT2D eigenvalue weighted by molar-refractivity contribution is 0.307. The van der Waals surface area contributed by atoms with E-state index in [2.05, 4.69) is 12.2 Å². The molecule has 6 heteroatoms. The molecule has 0 aliphatic heterocycles. The number of nitrogen functional groups attached to an aromatic ring is 1. The molecule has 0 radical (unpaired) electrons. The molecule has 0 amide bonds. The maximum absolute atomic E-state index is 12.0. The Kier molecular flexibility index (Phi) is 3.49. The zero-order chi connectivity index (χ0) is 14.3. The largest absolute Gasteiger partial charge is 0.397 e. The Morgan fingerprint density at radius 2 is 1.95 bits per heavy atom. The highest BCUT2D eigenvalue weighted by molar-refractivity contribution is 7.89. The predicted octanol–water partition coefficient (Wildman–Crippen LogP) is 1.87. The highest BCUT2D eigenvalue weighted by Crippen LogP contribution is 2.36. The lowest BCUT2D eigenvalue weighted by Gasteiger charge is -2.40. The van der Waals surface area contributed by atoms with Crippen molar-refractivity contribution in [3.63, 3.8) is 0 Å². The Labute approximate surface area is 114 Å². The molecule has 1 aromatic carbocycles. The summed E-state index contributed by atoms with van der Waals surface area (Å²) in [4.78, 5) is 0.222. The zero-order valence-electron chi connectivity index (χ0n) is 11.6. The number of anilines is 2. The fraction of sp³-hybridized carbons (Fsp3) is 0.538. The quantitative estimate of drug-likeness (QED) is 0.827. The molecule has 1 saturated carbocycles. The predicted molar refractivity (Wildman–Crippen MR) is 77.6 cm³/mol. The van der Waals surface area contributed by atoms with Crippen molar-refractivity contribution in [2.45, 2.75) is 36.6 Å². The van der Waals surface area contributed by atoms with Crippen LogP contribution in [-0.2, 0) is 10.0 Å². The number of sulfonamides is 1. The number of hydrogen-bond acceptors (Lipinski definition) is 4. The Hall–Kier alpha value is -1.27. The van der Waals surface area contributed by atoms with Crippen LogP contribution in [0.3, 0.4) is 0 Å². The second-order valence-electron chi connectivity index (χ2n) is 5.58. The zero-order valence-corrected chi connectivity index (χ0v) is 12.4. The van der Waals surface area contributed by atoms with E-state index in [9.17, 15) is 8.42 Å². The summed E-state index contributed by atoms with van der Waals surface area (Å²) < 4.78 is 25.2. The molecule has 0 unspecified atom stereocenters. The number of nitrogens with two attached hydrogens (primary N) is 1. The van der Waals surface area contributed by atoms with Crippen LogP contribution in [0, 0.1) is 0 Å². The van der Waals surface area contributed by atoms with Crippen LogP contribution in [0.4, 0.5) is 11.4 Å². The van der Waals surface area contributed by atoms with Crippen LogP contribution >= 0.6 is 0 Å². The van der Waals surface area contributed by atoms with E-state index in [0.717, 1.165) is 18.5 Å². The topological polar surface area (TPSA) is 75.4 Å². The molecule has 2 rings (SSSR count). The highest BCUT2D eigenvalue weighted by atomic mass is 32.2. The number of benzene rings is 1. The first-order valence-corrected chi connectivity index (χ1v) is 7.79. The first kappa shape index (κ1) is 14.1. The van der Waals surface area contributed by atoms with Gasteiger partial charge in [-0.2, -0.15) is 0 Å². The second-order valence-corrected chi connectivity index (χ2v) is 7.73. The summed E-state index contributed by atoms with van der Waals surface area (Å²) >= 11 is 0. The van der Waals surface area contributed by atoms with Crippen LogP contribution in [0.2, 0.25) is 0 Å². The monoisotopic (exact) mass is 283 g/mol. The van der Waals surface area contributed by atoms with Gasteiger partial charge in [0.15, 0.2) is 0 Å². The maximum Gasteiger partial charge on any atom is 0.242 e. The summed E-state index contributed by atoms with van der Waals surface area (Å²) in [7, 11) is -0.412. The van der Waals surface area contributed by atoms with Gasteiger partial charge in [-0.05, 0) is 44.4 Å². The minimum absolute atomic E-state index is 0.0933. The van der Waals surface area contributed by atoms with Gasteiger partial charge < -0.3 is 11.1 Å². The van der Waals surface area contributed by atoms with Crippen LogP contribution in [0.15, 0.2) is 23.1 Å². The summed E-state index contributed by atoms with van der Waals surface area (Å²) in [6, 6.07) is 4.85. The van der Waals surface area contributed by atoms with Crippen molar-refractivity contribution < 1.29 is 8.42 Å². The van der Waals surface area contributed by atoms with E-state index in [1.807, 2.05) is 0 Å². The normalized spacial score (nSPS) is 18.1.